The number of fused-ring (bicyclic) bond motifs is 1. The van der Waals surface area contributed by atoms with E-state index in [2.05, 4.69) is 39.8 Å². The van der Waals surface area contributed by atoms with Crippen LogP contribution in [0.15, 0.2) is 24.3 Å². The number of benzene rings is 1. The second kappa shape index (κ2) is 9.92. The topological polar surface area (TPSA) is 65.1 Å². The summed E-state index contributed by atoms with van der Waals surface area (Å²) in [4.78, 5) is 31.9. The summed E-state index contributed by atoms with van der Waals surface area (Å²) in [6.07, 6.45) is 5.98. The lowest BCUT2D eigenvalue weighted by molar-refractivity contribution is -0.288. The van der Waals surface area contributed by atoms with E-state index in [1.165, 1.54) is 44.6 Å². The molecular formula is C26H39NO5. The average molecular weight is 446 g/mol. The van der Waals surface area contributed by atoms with Crippen LogP contribution in [-0.4, -0.2) is 37.3 Å². The van der Waals surface area contributed by atoms with E-state index in [-0.39, 0.29) is 12.4 Å². The second-order valence-corrected chi connectivity index (χ2v) is 10.3. The summed E-state index contributed by atoms with van der Waals surface area (Å²) in [5.74, 6) is -0.667. The van der Waals surface area contributed by atoms with Crippen molar-refractivity contribution in [3.63, 3.8) is 0 Å². The van der Waals surface area contributed by atoms with Crippen molar-refractivity contribution in [2.45, 2.75) is 89.8 Å². The van der Waals surface area contributed by atoms with Crippen LogP contribution in [0.4, 0.5) is 0 Å². The molecule has 1 aliphatic carbocycles. The van der Waals surface area contributed by atoms with Crippen molar-refractivity contribution in [1.82, 2.24) is 5.06 Å². The normalized spacial score (nSPS) is 22.1. The molecule has 32 heavy (non-hydrogen) atoms. The minimum Gasteiger partial charge on any atom is -0.469 e. The number of rotatable bonds is 8. The van der Waals surface area contributed by atoms with E-state index < -0.39 is 29.1 Å². The van der Waals surface area contributed by atoms with Crippen LogP contribution in [-0.2, 0) is 35.0 Å². The lowest BCUT2D eigenvalue weighted by Gasteiger charge is -2.41. The molecule has 0 bridgehead atoms. The fourth-order valence-corrected chi connectivity index (χ4v) is 5.71. The monoisotopic (exact) mass is 445 g/mol. The zero-order valence-electron chi connectivity index (χ0n) is 20.5. The van der Waals surface area contributed by atoms with E-state index in [0.29, 0.717) is 5.92 Å². The lowest BCUT2D eigenvalue weighted by Crippen LogP contribution is -2.49. The van der Waals surface area contributed by atoms with Crippen molar-refractivity contribution in [3.05, 3.63) is 35.4 Å². The van der Waals surface area contributed by atoms with E-state index in [9.17, 15) is 9.59 Å². The van der Waals surface area contributed by atoms with Gasteiger partial charge in [-0.2, -0.15) is 5.06 Å². The first-order valence-corrected chi connectivity index (χ1v) is 11.9. The molecule has 6 nitrogen and oxygen atoms in total. The molecule has 2 unspecified atom stereocenters. The summed E-state index contributed by atoms with van der Waals surface area (Å²) in [6.45, 7) is 8.37. The Kier molecular flexibility index (Phi) is 7.66. The van der Waals surface area contributed by atoms with Crippen LogP contribution in [0.5, 0.6) is 0 Å². The third-order valence-corrected chi connectivity index (χ3v) is 7.33. The van der Waals surface area contributed by atoms with E-state index in [1.54, 1.807) is 0 Å². The van der Waals surface area contributed by atoms with Gasteiger partial charge in [-0.25, -0.2) is 4.79 Å². The Bertz CT molecular complexity index is 777. The lowest BCUT2D eigenvalue weighted by atomic mass is 9.81. The number of ether oxygens (including phenoxy) is 2. The summed E-state index contributed by atoms with van der Waals surface area (Å²) in [5, 5.41) is 1.90. The standard InChI is InChI=1S/C26H39NO5/c1-25(2)20-14-10-11-15-21(20)26(3,4)27(25)32-22(24(29)31-6)17-19(23(28)30-5)16-18-12-8-7-9-13-18/h10-11,14-15,18-19,22H,7-9,12-13,16-17H2,1-6H3. The van der Waals surface area contributed by atoms with Crippen LogP contribution in [0, 0.1) is 11.8 Å². The van der Waals surface area contributed by atoms with Gasteiger partial charge in [-0.1, -0.05) is 56.4 Å². The third-order valence-electron chi connectivity index (χ3n) is 7.33. The molecule has 1 aliphatic heterocycles. The van der Waals surface area contributed by atoms with Crippen molar-refractivity contribution in [2.75, 3.05) is 14.2 Å². The zero-order chi connectivity index (χ0) is 23.5. The number of carbonyl (C=O) groups is 2. The molecular weight excluding hydrogens is 406 g/mol. The molecule has 1 saturated carbocycles. The second-order valence-electron chi connectivity index (χ2n) is 10.3. The van der Waals surface area contributed by atoms with Crippen LogP contribution in [0.2, 0.25) is 0 Å². The highest BCUT2D eigenvalue weighted by Gasteiger charge is 2.51. The summed E-state index contributed by atoms with van der Waals surface area (Å²) >= 11 is 0. The van der Waals surface area contributed by atoms with Crippen LogP contribution < -0.4 is 0 Å². The van der Waals surface area contributed by atoms with E-state index >= 15 is 0 Å². The highest BCUT2D eigenvalue weighted by atomic mass is 16.7. The number of hydrogen-bond donors (Lipinski definition) is 0. The number of hydrogen-bond acceptors (Lipinski definition) is 6. The maximum absolute atomic E-state index is 12.8. The molecule has 2 atom stereocenters. The number of carbonyl (C=O) groups excluding carboxylic acids is 2. The van der Waals surface area contributed by atoms with Crippen molar-refractivity contribution < 1.29 is 23.9 Å². The van der Waals surface area contributed by atoms with Gasteiger partial charge in [-0.15, -0.1) is 0 Å². The van der Waals surface area contributed by atoms with Crippen molar-refractivity contribution in [3.8, 4) is 0 Å². The van der Waals surface area contributed by atoms with Crippen molar-refractivity contribution in [1.29, 1.82) is 0 Å². The molecule has 0 N–H and O–H groups in total. The molecule has 0 aromatic heterocycles. The Balaban J connectivity index is 1.84. The highest BCUT2D eigenvalue weighted by Crippen LogP contribution is 2.50. The Morgan fingerprint density at radius 1 is 0.938 bits per heavy atom. The molecule has 1 heterocycles. The molecule has 178 valence electrons. The summed E-state index contributed by atoms with van der Waals surface area (Å²) in [7, 11) is 2.77. The molecule has 1 aromatic carbocycles. The quantitative estimate of drug-likeness (QED) is 0.519. The van der Waals surface area contributed by atoms with Crippen LogP contribution in [0.1, 0.15) is 83.8 Å². The largest absolute Gasteiger partial charge is 0.469 e. The molecule has 6 heteroatoms. The fourth-order valence-electron chi connectivity index (χ4n) is 5.71. The van der Waals surface area contributed by atoms with Crippen LogP contribution in [0.25, 0.3) is 0 Å². The van der Waals surface area contributed by atoms with Gasteiger partial charge in [-0.3, -0.25) is 9.63 Å². The molecule has 0 amide bonds. The predicted octanol–water partition coefficient (Wildman–Crippen LogP) is 5.10. The van der Waals surface area contributed by atoms with Gasteiger partial charge < -0.3 is 9.47 Å². The maximum Gasteiger partial charge on any atom is 0.337 e. The minimum absolute atomic E-state index is 0.245. The Morgan fingerprint density at radius 2 is 1.47 bits per heavy atom. The molecule has 3 rings (SSSR count). The van der Waals surface area contributed by atoms with Gasteiger partial charge in [0.25, 0.3) is 0 Å². The zero-order valence-corrected chi connectivity index (χ0v) is 20.5. The molecule has 2 aliphatic rings. The third kappa shape index (κ3) is 4.86. The first-order valence-electron chi connectivity index (χ1n) is 11.9. The summed E-state index contributed by atoms with van der Waals surface area (Å²) in [6, 6.07) is 8.26. The Morgan fingerprint density at radius 3 is 1.97 bits per heavy atom. The van der Waals surface area contributed by atoms with Gasteiger partial charge in [0.05, 0.1) is 31.2 Å². The number of methoxy groups -OCH3 is 2. The molecule has 0 spiro atoms. The smallest absolute Gasteiger partial charge is 0.337 e. The predicted molar refractivity (Wildman–Crippen MR) is 123 cm³/mol. The van der Waals surface area contributed by atoms with E-state index in [4.69, 9.17) is 14.3 Å². The molecule has 1 fully saturated rings. The molecule has 1 aromatic rings. The number of nitrogens with zero attached hydrogens (tertiary/aromatic N) is 1. The Hall–Kier alpha value is -1.92. The summed E-state index contributed by atoms with van der Waals surface area (Å²) in [5.41, 5.74) is 1.44. The first-order chi connectivity index (χ1) is 15.1. The SMILES string of the molecule is COC(=O)C(CC1CCCCC1)CC(ON1C(C)(C)c2ccccc2C1(C)C)C(=O)OC. The van der Waals surface area contributed by atoms with Crippen molar-refractivity contribution >= 4 is 11.9 Å². The number of hydroxylamine groups is 2. The first kappa shape index (κ1) is 24.7. The highest BCUT2D eigenvalue weighted by molar-refractivity contribution is 5.77. The van der Waals surface area contributed by atoms with E-state index in [0.717, 1.165) is 19.3 Å². The van der Waals surface area contributed by atoms with Crippen LogP contribution >= 0.6 is 0 Å². The van der Waals surface area contributed by atoms with Gasteiger partial charge in [-0.05, 0) is 57.6 Å². The summed E-state index contributed by atoms with van der Waals surface area (Å²) < 4.78 is 10.2. The van der Waals surface area contributed by atoms with Crippen molar-refractivity contribution in [2.24, 2.45) is 11.8 Å². The minimum atomic E-state index is -0.888. The van der Waals surface area contributed by atoms with Gasteiger partial charge in [0, 0.05) is 0 Å². The maximum atomic E-state index is 12.8. The Labute approximate surface area is 192 Å². The number of esters is 2. The van der Waals surface area contributed by atoms with Gasteiger partial charge in [0.15, 0.2) is 6.10 Å². The van der Waals surface area contributed by atoms with Gasteiger partial charge in [0.1, 0.15) is 0 Å². The average Bonchev–Trinajstić information content (AvgIpc) is 2.94. The van der Waals surface area contributed by atoms with Crippen LogP contribution in [0.3, 0.4) is 0 Å². The molecule has 0 saturated heterocycles. The van der Waals surface area contributed by atoms with Gasteiger partial charge >= 0.3 is 11.9 Å². The van der Waals surface area contributed by atoms with E-state index in [1.807, 2.05) is 17.2 Å². The fraction of sp³-hybridized carbons (Fsp3) is 0.692. The molecule has 0 radical (unpaired) electrons. The van der Waals surface area contributed by atoms with Gasteiger partial charge in [0.2, 0.25) is 0 Å².